The molecular weight excluding hydrogens is 244 g/mol. The van der Waals surface area contributed by atoms with Crippen LogP contribution in [0.25, 0.3) is 11.0 Å². The van der Waals surface area contributed by atoms with E-state index in [1.807, 2.05) is 18.2 Å². The third-order valence-corrected chi connectivity index (χ3v) is 3.00. The SMILES string of the molecule is CCN(CC)c1ccc2cc(N=C=O)c(=O)oc2c1. The molecule has 0 spiro atoms. The van der Waals surface area contributed by atoms with Crippen molar-refractivity contribution in [1.82, 2.24) is 0 Å². The summed E-state index contributed by atoms with van der Waals surface area (Å²) in [5.41, 5.74) is 0.817. The fourth-order valence-electron chi connectivity index (χ4n) is 2.00. The first kappa shape index (κ1) is 13.1. The number of nitrogens with zero attached hydrogens (tertiary/aromatic N) is 2. The van der Waals surface area contributed by atoms with Gasteiger partial charge in [-0.05, 0) is 32.0 Å². The zero-order chi connectivity index (χ0) is 13.8. The highest BCUT2D eigenvalue weighted by molar-refractivity contribution is 5.82. The van der Waals surface area contributed by atoms with Crippen LogP contribution in [0.3, 0.4) is 0 Å². The number of hydrogen-bond donors (Lipinski definition) is 0. The minimum atomic E-state index is -0.632. The molecule has 0 amide bonds. The molecule has 0 atom stereocenters. The number of benzene rings is 1. The van der Waals surface area contributed by atoms with Gasteiger partial charge in [0.05, 0.1) is 0 Å². The topological polar surface area (TPSA) is 62.9 Å². The molecule has 0 radical (unpaired) electrons. The first-order valence-corrected chi connectivity index (χ1v) is 6.10. The molecule has 0 unspecified atom stereocenters. The molecule has 0 aliphatic heterocycles. The second-order valence-corrected chi connectivity index (χ2v) is 4.02. The Morgan fingerprint density at radius 3 is 2.63 bits per heavy atom. The van der Waals surface area contributed by atoms with Crippen LogP contribution in [0.1, 0.15) is 13.8 Å². The van der Waals surface area contributed by atoms with Crippen molar-refractivity contribution in [2.24, 2.45) is 4.99 Å². The van der Waals surface area contributed by atoms with Crippen molar-refractivity contribution in [3.63, 3.8) is 0 Å². The molecular formula is C14H14N2O3. The molecule has 0 N–H and O–H groups in total. The summed E-state index contributed by atoms with van der Waals surface area (Å²) in [5.74, 6) is 0. The summed E-state index contributed by atoms with van der Waals surface area (Å²) in [4.78, 5) is 27.3. The smallest absolute Gasteiger partial charge is 0.363 e. The van der Waals surface area contributed by atoms with Crippen LogP contribution in [-0.4, -0.2) is 19.2 Å². The number of anilines is 1. The maximum Gasteiger partial charge on any atom is 0.363 e. The Kier molecular flexibility index (Phi) is 3.78. The van der Waals surface area contributed by atoms with Gasteiger partial charge in [-0.2, -0.15) is 4.99 Å². The van der Waals surface area contributed by atoms with Gasteiger partial charge in [-0.3, -0.25) is 0 Å². The van der Waals surface area contributed by atoms with E-state index in [0.717, 1.165) is 24.2 Å². The summed E-state index contributed by atoms with van der Waals surface area (Å²) in [6.07, 6.45) is 1.34. The molecule has 19 heavy (non-hydrogen) atoms. The highest BCUT2D eigenvalue weighted by Crippen LogP contribution is 2.23. The molecule has 2 aromatic rings. The summed E-state index contributed by atoms with van der Waals surface area (Å²) >= 11 is 0. The monoisotopic (exact) mass is 258 g/mol. The van der Waals surface area contributed by atoms with Crippen molar-refractivity contribution in [2.75, 3.05) is 18.0 Å². The Bertz CT molecular complexity index is 695. The lowest BCUT2D eigenvalue weighted by atomic mass is 10.2. The molecule has 0 bridgehead atoms. The van der Waals surface area contributed by atoms with E-state index in [1.165, 1.54) is 12.1 Å². The highest BCUT2D eigenvalue weighted by atomic mass is 16.4. The van der Waals surface area contributed by atoms with E-state index in [4.69, 9.17) is 4.42 Å². The minimum absolute atomic E-state index is 0.0295. The van der Waals surface area contributed by atoms with Crippen molar-refractivity contribution >= 4 is 28.4 Å². The Hall–Kier alpha value is -2.39. The molecule has 0 aliphatic carbocycles. The van der Waals surface area contributed by atoms with E-state index in [2.05, 4.69) is 23.7 Å². The molecule has 5 heteroatoms. The lowest BCUT2D eigenvalue weighted by Crippen LogP contribution is -2.21. The van der Waals surface area contributed by atoms with Gasteiger partial charge in [0.25, 0.3) is 0 Å². The van der Waals surface area contributed by atoms with Gasteiger partial charge in [-0.15, -0.1) is 0 Å². The molecule has 0 saturated heterocycles. The van der Waals surface area contributed by atoms with Crippen LogP contribution in [0, 0.1) is 0 Å². The van der Waals surface area contributed by atoms with E-state index in [-0.39, 0.29) is 5.69 Å². The van der Waals surface area contributed by atoms with E-state index in [1.54, 1.807) is 0 Å². The molecule has 0 aliphatic rings. The fourth-order valence-corrected chi connectivity index (χ4v) is 2.00. The molecule has 1 aromatic heterocycles. The average molecular weight is 258 g/mol. The Balaban J connectivity index is 2.59. The molecule has 98 valence electrons. The van der Waals surface area contributed by atoms with E-state index in [0.29, 0.717) is 5.58 Å². The van der Waals surface area contributed by atoms with Gasteiger partial charge in [-0.25, -0.2) is 9.59 Å². The third-order valence-electron chi connectivity index (χ3n) is 3.00. The van der Waals surface area contributed by atoms with Crippen LogP contribution in [0.15, 0.2) is 38.5 Å². The fraction of sp³-hybridized carbons (Fsp3) is 0.286. The zero-order valence-corrected chi connectivity index (χ0v) is 10.8. The van der Waals surface area contributed by atoms with Gasteiger partial charge in [0.1, 0.15) is 5.58 Å². The highest BCUT2D eigenvalue weighted by Gasteiger charge is 2.07. The minimum Gasteiger partial charge on any atom is -0.421 e. The summed E-state index contributed by atoms with van der Waals surface area (Å²) in [6.45, 7) is 5.87. The molecule has 2 rings (SSSR count). The van der Waals surface area contributed by atoms with Crippen molar-refractivity contribution in [1.29, 1.82) is 0 Å². The van der Waals surface area contributed by atoms with Gasteiger partial charge >= 0.3 is 5.63 Å². The normalized spacial score (nSPS) is 10.2. The molecule has 1 heterocycles. The van der Waals surface area contributed by atoms with Crippen LogP contribution in [0.4, 0.5) is 11.4 Å². The van der Waals surface area contributed by atoms with E-state index >= 15 is 0 Å². The summed E-state index contributed by atoms with van der Waals surface area (Å²) in [7, 11) is 0. The van der Waals surface area contributed by atoms with Crippen LogP contribution in [-0.2, 0) is 4.79 Å². The van der Waals surface area contributed by atoms with Crippen molar-refractivity contribution < 1.29 is 9.21 Å². The second kappa shape index (κ2) is 5.50. The van der Waals surface area contributed by atoms with Crippen molar-refractivity contribution in [3.05, 3.63) is 34.7 Å². The van der Waals surface area contributed by atoms with Gasteiger partial charge in [0, 0.05) is 30.2 Å². The Morgan fingerprint density at radius 2 is 2.00 bits per heavy atom. The third kappa shape index (κ3) is 2.56. The largest absolute Gasteiger partial charge is 0.421 e. The Morgan fingerprint density at radius 1 is 1.26 bits per heavy atom. The van der Waals surface area contributed by atoms with Crippen LogP contribution in [0.2, 0.25) is 0 Å². The summed E-state index contributed by atoms with van der Waals surface area (Å²) in [6, 6.07) is 7.13. The second-order valence-electron chi connectivity index (χ2n) is 4.02. The summed E-state index contributed by atoms with van der Waals surface area (Å²) < 4.78 is 5.17. The maximum absolute atomic E-state index is 11.6. The first-order chi connectivity index (χ1) is 9.19. The standard InChI is InChI=1S/C14H14N2O3/c1-3-16(4-2)11-6-5-10-7-12(15-9-17)14(18)19-13(10)8-11/h5-8H,3-4H2,1-2H3. The molecule has 5 nitrogen and oxygen atoms in total. The summed E-state index contributed by atoms with van der Waals surface area (Å²) in [5, 5.41) is 0.726. The molecule has 0 fully saturated rings. The van der Waals surface area contributed by atoms with Gasteiger partial charge in [0.15, 0.2) is 5.69 Å². The van der Waals surface area contributed by atoms with Crippen molar-refractivity contribution in [2.45, 2.75) is 13.8 Å². The predicted octanol–water partition coefficient (Wildman–Crippen LogP) is 2.61. The van der Waals surface area contributed by atoms with Gasteiger partial charge < -0.3 is 9.32 Å². The predicted molar refractivity (Wildman–Crippen MR) is 73.8 cm³/mol. The lowest BCUT2D eigenvalue weighted by Gasteiger charge is -2.20. The molecule has 1 aromatic carbocycles. The van der Waals surface area contributed by atoms with E-state index < -0.39 is 5.63 Å². The van der Waals surface area contributed by atoms with Gasteiger partial charge in [-0.1, -0.05) is 0 Å². The maximum atomic E-state index is 11.6. The van der Waals surface area contributed by atoms with Crippen LogP contribution >= 0.6 is 0 Å². The average Bonchev–Trinajstić information content (AvgIpc) is 2.41. The number of hydrogen-bond acceptors (Lipinski definition) is 5. The van der Waals surface area contributed by atoms with Crippen molar-refractivity contribution in [3.8, 4) is 0 Å². The first-order valence-electron chi connectivity index (χ1n) is 6.10. The number of carbonyl (C=O) groups excluding carboxylic acids is 1. The quantitative estimate of drug-likeness (QED) is 0.480. The number of fused-ring (bicyclic) bond motifs is 1. The lowest BCUT2D eigenvalue weighted by molar-refractivity contribution is 0.556. The van der Waals surface area contributed by atoms with Crippen LogP contribution < -0.4 is 10.5 Å². The zero-order valence-electron chi connectivity index (χ0n) is 10.8. The Labute approximate surface area is 110 Å². The van der Waals surface area contributed by atoms with Gasteiger partial charge in [0.2, 0.25) is 6.08 Å². The van der Waals surface area contributed by atoms with E-state index in [9.17, 15) is 9.59 Å². The molecule has 0 saturated carbocycles. The van der Waals surface area contributed by atoms with Crippen LogP contribution in [0.5, 0.6) is 0 Å². The number of isocyanates is 1. The number of aliphatic imine (C=N–C) groups is 1. The number of rotatable bonds is 4.